The van der Waals surface area contributed by atoms with Crippen molar-refractivity contribution in [1.82, 2.24) is 4.90 Å². The summed E-state index contributed by atoms with van der Waals surface area (Å²) in [5, 5.41) is 13.5. The Kier molecular flexibility index (Phi) is 4.48. The first kappa shape index (κ1) is 14.4. The Bertz CT molecular complexity index is 403. The summed E-state index contributed by atoms with van der Waals surface area (Å²) in [4.78, 5) is 2.36. The van der Waals surface area contributed by atoms with Crippen molar-refractivity contribution in [1.29, 1.82) is 0 Å². The van der Waals surface area contributed by atoms with Crippen LogP contribution in [0.15, 0.2) is 24.3 Å². The second-order valence-electron chi connectivity index (χ2n) is 6.38. The monoisotopic (exact) mass is 262 g/mol. The van der Waals surface area contributed by atoms with Crippen LogP contribution in [0.2, 0.25) is 0 Å². The quantitative estimate of drug-likeness (QED) is 0.875. The van der Waals surface area contributed by atoms with E-state index in [0.29, 0.717) is 6.04 Å². The van der Waals surface area contributed by atoms with Crippen LogP contribution < -0.4 is 5.32 Å². The molecule has 0 atom stereocenters. The second kappa shape index (κ2) is 5.93. The van der Waals surface area contributed by atoms with E-state index in [0.717, 1.165) is 32.5 Å². The fraction of sp³-hybridized carbons (Fsp3) is 0.625. The molecule has 1 aromatic carbocycles. The number of piperidine rings is 1. The second-order valence-corrected chi connectivity index (χ2v) is 6.38. The fourth-order valence-electron chi connectivity index (χ4n) is 2.75. The number of hydrogen-bond acceptors (Lipinski definition) is 3. The molecule has 0 aliphatic carbocycles. The van der Waals surface area contributed by atoms with E-state index in [1.54, 1.807) is 0 Å². The minimum absolute atomic E-state index is 0.555. The van der Waals surface area contributed by atoms with Crippen LogP contribution in [-0.2, 0) is 0 Å². The molecule has 0 unspecified atom stereocenters. The highest BCUT2D eigenvalue weighted by Gasteiger charge is 2.23. The van der Waals surface area contributed by atoms with Crippen molar-refractivity contribution in [2.45, 2.75) is 45.3 Å². The average molecular weight is 262 g/mol. The highest BCUT2D eigenvalue weighted by molar-refractivity contribution is 5.46. The standard InChI is InChI=1S/C16H26N2O/c1-13-5-4-6-15(11-13)17-14-7-9-18(10-8-14)12-16(2,3)19/h4-6,11,14,17,19H,7-10,12H2,1-3H3. The molecule has 0 spiro atoms. The average Bonchev–Trinajstić information content (AvgIpc) is 2.30. The molecule has 1 aliphatic rings. The molecule has 0 aromatic heterocycles. The van der Waals surface area contributed by atoms with Gasteiger partial charge in [-0.25, -0.2) is 0 Å². The molecule has 19 heavy (non-hydrogen) atoms. The molecule has 0 bridgehead atoms. The lowest BCUT2D eigenvalue weighted by molar-refractivity contribution is 0.0291. The minimum Gasteiger partial charge on any atom is -0.389 e. The first-order valence-electron chi connectivity index (χ1n) is 7.20. The molecule has 1 heterocycles. The molecule has 2 N–H and O–H groups in total. The summed E-state index contributed by atoms with van der Waals surface area (Å²) in [6, 6.07) is 9.11. The van der Waals surface area contributed by atoms with E-state index in [1.807, 2.05) is 13.8 Å². The van der Waals surface area contributed by atoms with Crippen molar-refractivity contribution in [3.63, 3.8) is 0 Å². The number of aryl methyl sites for hydroxylation is 1. The smallest absolute Gasteiger partial charge is 0.0718 e. The van der Waals surface area contributed by atoms with E-state index in [1.165, 1.54) is 11.3 Å². The molecule has 3 nitrogen and oxygen atoms in total. The summed E-state index contributed by atoms with van der Waals surface area (Å²) >= 11 is 0. The van der Waals surface area contributed by atoms with Crippen LogP contribution in [0.3, 0.4) is 0 Å². The van der Waals surface area contributed by atoms with Crippen molar-refractivity contribution in [3.8, 4) is 0 Å². The van der Waals surface area contributed by atoms with Gasteiger partial charge in [-0.05, 0) is 51.3 Å². The molecule has 0 amide bonds. The molecular formula is C16H26N2O. The SMILES string of the molecule is Cc1cccc(NC2CCN(CC(C)(C)O)CC2)c1. The van der Waals surface area contributed by atoms with Crippen LogP contribution in [0.4, 0.5) is 5.69 Å². The largest absolute Gasteiger partial charge is 0.389 e. The van der Waals surface area contributed by atoms with Crippen molar-refractivity contribution in [3.05, 3.63) is 29.8 Å². The lowest BCUT2D eigenvalue weighted by Gasteiger charge is -2.35. The summed E-state index contributed by atoms with van der Waals surface area (Å²) < 4.78 is 0. The topological polar surface area (TPSA) is 35.5 Å². The normalized spacial score (nSPS) is 18.5. The van der Waals surface area contributed by atoms with Crippen LogP contribution in [0.5, 0.6) is 0 Å². The van der Waals surface area contributed by atoms with Gasteiger partial charge in [0.1, 0.15) is 0 Å². The Hall–Kier alpha value is -1.06. The van der Waals surface area contributed by atoms with Gasteiger partial charge < -0.3 is 15.3 Å². The van der Waals surface area contributed by atoms with Gasteiger partial charge in [0.2, 0.25) is 0 Å². The Morgan fingerprint density at radius 2 is 2.00 bits per heavy atom. The molecular weight excluding hydrogens is 236 g/mol. The van der Waals surface area contributed by atoms with Crippen molar-refractivity contribution < 1.29 is 5.11 Å². The molecule has 1 saturated heterocycles. The zero-order chi connectivity index (χ0) is 13.9. The van der Waals surface area contributed by atoms with E-state index >= 15 is 0 Å². The third-order valence-corrected chi connectivity index (χ3v) is 3.59. The van der Waals surface area contributed by atoms with Gasteiger partial charge in [0.25, 0.3) is 0 Å². The summed E-state index contributed by atoms with van der Waals surface area (Å²) in [7, 11) is 0. The third-order valence-electron chi connectivity index (χ3n) is 3.59. The maximum atomic E-state index is 9.84. The number of rotatable bonds is 4. The Labute approximate surface area is 116 Å². The Balaban J connectivity index is 1.80. The number of β-amino-alcohol motifs (C(OH)–C–C–N with tert-alkyl or cyclic N) is 1. The number of nitrogens with zero attached hydrogens (tertiary/aromatic N) is 1. The van der Waals surface area contributed by atoms with Crippen molar-refractivity contribution in [2.24, 2.45) is 0 Å². The maximum Gasteiger partial charge on any atom is 0.0718 e. The Morgan fingerprint density at radius 3 is 2.58 bits per heavy atom. The van der Waals surface area contributed by atoms with E-state index in [9.17, 15) is 5.11 Å². The third kappa shape index (κ3) is 4.84. The van der Waals surface area contributed by atoms with Crippen LogP contribution in [0.25, 0.3) is 0 Å². The van der Waals surface area contributed by atoms with Crippen LogP contribution in [0, 0.1) is 6.92 Å². The summed E-state index contributed by atoms with van der Waals surface area (Å²) in [5.74, 6) is 0. The van der Waals surface area contributed by atoms with E-state index < -0.39 is 5.60 Å². The molecule has 1 fully saturated rings. The summed E-state index contributed by atoms with van der Waals surface area (Å²) in [6.45, 7) is 8.77. The molecule has 0 radical (unpaired) electrons. The fourth-order valence-corrected chi connectivity index (χ4v) is 2.75. The first-order chi connectivity index (χ1) is 8.92. The zero-order valence-electron chi connectivity index (χ0n) is 12.3. The van der Waals surface area contributed by atoms with E-state index in [2.05, 4.69) is 41.4 Å². The minimum atomic E-state index is -0.587. The number of aliphatic hydroxyl groups is 1. The predicted molar refractivity (Wildman–Crippen MR) is 80.6 cm³/mol. The van der Waals surface area contributed by atoms with Crippen LogP contribution in [0.1, 0.15) is 32.3 Å². The van der Waals surface area contributed by atoms with Crippen LogP contribution >= 0.6 is 0 Å². The maximum absolute atomic E-state index is 9.84. The number of anilines is 1. The highest BCUT2D eigenvalue weighted by Crippen LogP contribution is 2.18. The highest BCUT2D eigenvalue weighted by atomic mass is 16.3. The molecule has 3 heteroatoms. The van der Waals surface area contributed by atoms with Gasteiger partial charge in [0.05, 0.1) is 5.60 Å². The lowest BCUT2D eigenvalue weighted by atomic mass is 10.0. The van der Waals surface area contributed by atoms with Crippen molar-refractivity contribution >= 4 is 5.69 Å². The van der Waals surface area contributed by atoms with Gasteiger partial charge in [-0.1, -0.05) is 12.1 Å². The van der Waals surface area contributed by atoms with Gasteiger partial charge in [-0.2, -0.15) is 0 Å². The lowest BCUT2D eigenvalue weighted by Crippen LogP contribution is -2.45. The van der Waals surface area contributed by atoms with Gasteiger partial charge >= 0.3 is 0 Å². The van der Waals surface area contributed by atoms with Crippen molar-refractivity contribution in [2.75, 3.05) is 25.0 Å². The number of hydrogen-bond donors (Lipinski definition) is 2. The molecule has 106 valence electrons. The van der Waals surface area contributed by atoms with E-state index in [-0.39, 0.29) is 0 Å². The van der Waals surface area contributed by atoms with Gasteiger partial charge in [0, 0.05) is 31.4 Å². The van der Waals surface area contributed by atoms with E-state index in [4.69, 9.17) is 0 Å². The number of likely N-dealkylation sites (tertiary alicyclic amines) is 1. The number of benzene rings is 1. The first-order valence-corrected chi connectivity index (χ1v) is 7.20. The molecule has 2 rings (SSSR count). The van der Waals surface area contributed by atoms with Gasteiger partial charge in [0.15, 0.2) is 0 Å². The molecule has 1 aliphatic heterocycles. The van der Waals surface area contributed by atoms with Gasteiger partial charge in [-0.3, -0.25) is 0 Å². The zero-order valence-corrected chi connectivity index (χ0v) is 12.3. The number of nitrogens with one attached hydrogen (secondary N) is 1. The predicted octanol–water partition coefficient (Wildman–Crippen LogP) is 2.64. The summed E-state index contributed by atoms with van der Waals surface area (Å²) in [6.07, 6.45) is 2.29. The van der Waals surface area contributed by atoms with Crippen LogP contribution in [-0.4, -0.2) is 41.3 Å². The molecule has 0 saturated carbocycles. The van der Waals surface area contributed by atoms with Gasteiger partial charge in [-0.15, -0.1) is 0 Å². The Morgan fingerprint density at radius 1 is 1.32 bits per heavy atom. The molecule has 1 aromatic rings. The summed E-state index contributed by atoms with van der Waals surface area (Å²) in [5.41, 5.74) is 1.93.